The second-order valence-corrected chi connectivity index (χ2v) is 6.18. The van der Waals surface area contributed by atoms with E-state index in [0.29, 0.717) is 12.0 Å². The van der Waals surface area contributed by atoms with Gasteiger partial charge in [0.2, 0.25) is 0 Å². The maximum absolute atomic E-state index is 4.44. The molecule has 0 aliphatic carbocycles. The van der Waals surface area contributed by atoms with E-state index in [-0.39, 0.29) is 0 Å². The zero-order chi connectivity index (χ0) is 15.1. The van der Waals surface area contributed by atoms with Gasteiger partial charge in [0.05, 0.1) is 5.52 Å². The molecule has 21 heavy (non-hydrogen) atoms. The average Bonchev–Trinajstić information content (AvgIpc) is 2.50. The van der Waals surface area contributed by atoms with Crippen LogP contribution in [0, 0.1) is 5.92 Å². The lowest BCUT2D eigenvalue weighted by atomic mass is 9.96. The van der Waals surface area contributed by atoms with Crippen LogP contribution in [-0.2, 0) is 6.42 Å². The largest absolute Gasteiger partial charge is 0.314 e. The minimum atomic E-state index is 0.637. The van der Waals surface area contributed by atoms with Gasteiger partial charge in [0.1, 0.15) is 0 Å². The highest BCUT2D eigenvalue weighted by atomic mass is 14.9. The molecule has 1 atom stereocenters. The highest BCUT2D eigenvalue weighted by molar-refractivity contribution is 5.81. The molecule has 1 unspecified atom stereocenters. The van der Waals surface area contributed by atoms with E-state index < -0.39 is 0 Å². The highest BCUT2D eigenvalue weighted by Crippen LogP contribution is 2.19. The minimum Gasteiger partial charge on any atom is -0.314 e. The normalized spacial score (nSPS) is 13.0. The molecule has 2 heteroatoms. The molecule has 0 aliphatic rings. The quantitative estimate of drug-likeness (QED) is 0.767. The first-order chi connectivity index (χ1) is 10.2. The number of nitrogens with one attached hydrogen (secondary N) is 1. The van der Waals surface area contributed by atoms with Crippen molar-refractivity contribution in [3.05, 3.63) is 42.1 Å². The predicted octanol–water partition coefficient (Wildman–Crippen LogP) is 4.58. The van der Waals surface area contributed by atoms with Gasteiger partial charge in [-0.3, -0.25) is 4.98 Å². The zero-order valence-electron chi connectivity index (χ0n) is 13.6. The first kappa shape index (κ1) is 16.0. The number of para-hydroxylation sites is 1. The van der Waals surface area contributed by atoms with Crippen LogP contribution in [0.5, 0.6) is 0 Å². The zero-order valence-corrected chi connectivity index (χ0v) is 13.6. The molecule has 0 bridgehead atoms. The van der Waals surface area contributed by atoms with Crippen LogP contribution in [0.1, 0.15) is 45.6 Å². The van der Waals surface area contributed by atoms with Crippen LogP contribution in [0.25, 0.3) is 10.9 Å². The summed E-state index contributed by atoms with van der Waals surface area (Å²) in [7, 11) is 0. The molecule has 0 spiro atoms. The van der Waals surface area contributed by atoms with E-state index in [4.69, 9.17) is 0 Å². The minimum absolute atomic E-state index is 0.637. The number of aryl methyl sites for hydroxylation is 1. The summed E-state index contributed by atoms with van der Waals surface area (Å²) >= 11 is 0. The molecule has 1 N–H and O–H groups in total. The molecule has 0 amide bonds. The maximum atomic E-state index is 4.44. The highest BCUT2D eigenvalue weighted by Gasteiger charge is 2.12. The van der Waals surface area contributed by atoms with Gasteiger partial charge in [0.25, 0.3) is 0 Å². The molecule has 0 fully saturated rings. The van der Waals surface area contributed by atoms with Crippen LogP contribution in [0.4, 0.5) is 0 Å². The number of aromatic nitrogens is 1. The Morgan fingerprint density at radius 2 is 1.95 bits per heavy atom. The van der Waals surface area contributed by atoms with Crippen molar-refractivity contribution in [2.24, 2.45) is 5.92 Å². The molecule has 0 aliphatic heterocycles. The van der Waals surface area contributed by atoms with Crippen molar-refractivity contribution in [2.45, 2.75) is 52.5 Å². The van der Waals surface area contributed by atoms with Gasteiger partial charge in [-0.25, -0.2) is 0 Å². The van der Waals surface area contributed by atoms with Crippen LogP contribution in [0.15, 0.2) is 36.5 Å². The van der Waals surface area contributed by atoms with Crippen molar-refractivity contribution in [1.29, 1.82) is 0 Å². The summed E-state index contributed by atoms with van der Waals surface area (Å²) in [6, 6.07) is 11.3. The first-order valence-electron chi connectivity index (χ1n) is 8.28. The molecular formula is C19H28N2. The average molecular weight is 284 g/mol. The molecule has 1 heterocycles. The van der Waals surface area contributed by atoms with E-state index in [1.54, 1.807) is 0 Å². The van der Waals surface area contributed by atoms with E-state index >= 15 is 0 Å². The Labute approximate surface area is 129 Å². The summed E-state index contributed by atoms with van der Waals surface area (Å²) in [6.07, 6.45) is 6.76. The van der Waals surface area contributed by atoms with Crippen molar-refractivity contribution in [3.63, 3.8) is 0 Å². The molecule has 0 radical (unpaired) electrons. The third-order valence-corrected chi connectivity index (χ3v) is 4.16. The van der Waals surface area contributed by atoms with E-state index in [1.807, 2.05) is 6.20 Å². The molecule has 1 aromatic heterocycles. The summed E-state index contributed by atoms with van der Waals surface area (Å²) in [5.41, 5.74) is 2.54. The maximum Gasteiger partial charge on any atom is 0.0704 e. The lowest BCUT2D eigenvalue weighted by Gasteiger charge is -2.22. The fourth-order valence-electron chi connectivity index (χ4n) is 2.89. The van der Waals surface area contributed by atoms with Gasteiger partial charge in [-0.15, -0.1) is 0 Å². The summed E-state index contributed by atoms with van der Waals surface area (Å²) in [5, 5.41) is 4.99. The van der Waals surface area contributed by atoms with Gasteiger partial charge in [-0.1, -0.05) is 39.0 Å². The lowest BCUT2D eigenvalue weighted by Crippen LogP contribution is -2.34. The second-order valence-electron chi connectivity index (χ2n) is 6.18. The fourth-order valence-corrected chi connectivity index (χ4v) is 2.89. The molecule has 0 saturated heterocycles. The van der Waals surface area contributed by atoms with E-state index in [9.17, 15) is 0 Å². The third-order valence-electron chi connectivity index (χ3n) is 4.16. The van der Waals surface area contributed by atoms with Crippen molar-refractivity contribution in [1.82, 2.24) is 10.3 Å². The molecule has 2 aromatic rings. The van der Waals surface area contributed by atoms with Crippen molar-refractivity contribution < 1.29 is 0 Å². The van der Waals surface area contributed by atoms with Gasteiger partial charge in [0.15, 0.2) is 0 Å². The number of pyridine rings is 1. The van der Waals surface area contributed by atoms with Crippen molar-refractivity contribution >= 4 is 10.9 Å². The Bertz CT molecular complexity index is 543. The number of hydrogen-bond donors (Lipinski definition) is 1. The van der Waals surface area contributed by atoms with E-state index in [1.165, 1.54) is 30.2 Å². The van der Waals surface area contributed by atoms with Crippen LogP contribution in [0.2, 0.25) is 0 Å². The van der Waals surface area contributed by atoms with Crippen LogP contribution in [0.3, 0.4) is 0 Å². The Kier molecular flexibility index (Phi) is 6.19. The number of fused-ring (bicyclic) bond motifs is 1. The second kappa shape index (κ2) is 8.14. The Balaban J connectivity index is 1.95. The van der Waals surface area contributed by atoms with Gasteiger partial charge >= 0.3 is 0 Å². The van der Waals surface area contributed by atoms with Gasteiger partial charge in [0, 0.05) is 17.6 Å². The van der Waals surface area contributed by atoms with Crippen LogP contribution >= 0.6 is 0 Å². The SMILES string of the molecule is CCCNC(CCCc1ccnc2ccccc12)C(C)C. The topological polar surface area (TPSA) is 24.9 Å². The molecular weight excluding hydrogens is 256 g/mol. The summed E-state index contributed by atoms with van der Waals surface area (Å²) < 4.78 is 0. The Morgan fingerprint density at radius 3 is 2.71 bits per heavy atom. The first-order valence-corrected chi connectivity index (χ1v) is 8.28. The van der Waals surface area contributed by atoms with Gasteiger partial charge in [-0.2, -0.15) is 0 Å². The van der Waals surface area contributed by atoms with Gasteiger partial charge in [-0.05, 0) is 55.8 Å². The van der Waals surface area contributed by atoms with Crippen LogP contribution in [-0.4, -0.2) is 17.6 Å². The summed E-state index contributed by atoms with van der Waals surface area (Å²) in [5.74, 6) is 0.700. The van der Waals surface area contributed by atoms with Crippen LogP contribution < -0.4 is 5.32 Å². The van der Waals surface area contributed by atoms with Gasteiger partial charge < -0.3 is 5.32 Å². The Morgan fingerprint density at radius 1 is 1.14 bits per heavy atom. The van der Waals surface area contributed by atoms with Crippen molar-refractivity contribution in [2.75, 3.05) is 6.54 Å². The molecule has 2 nitrogen and oxygen atoms in total. The van der Waals surface area contributed by atoms with Crippen molar-refractivity contribution in [3.8, 4) is 0 Å². The summed E-state index contributed by atoms with van der Waals surface area (Å²) in [6.45, 7) is 7.98. The monoisotopic (exact) mass is 284 g/mol. The number of benzene rings is 1. The van der Waals surface area contributed by atoms with E-state index in [0.717, 1.165) is 18.5 Å². The number of nitrogens with zero attached hydrogens (tertiary/aromatic N) is 1. The molecule has 1 aromatic carbocycles. The predicted molar refractivity (Wildman–Crippen MR) is 91.6 cm³/mol. The Hall–Kier alpha value is -1.41. The lowest BCUT2D eigenvalue weighted by molar-refractivity contribution is 0.370. The number of hydrogen-bond acceptors (Lipinski definition) is 2. The van der Waals surface area contributed by atoms with E-state index in [2.05, 4.69) is 61.4 Å². The molecule has 0 saturated carbocycles. The third kappa shape index (κ3) is 4.53. The standard InChI is InChI=1S/C19H28N2/c1-4-13-20-18(15(2)3)11-7-8-16-12-14-21-19-10-6-5-9-17(16)19/h5-6,9-10,12,14-15,18,20H,4,7-8,11,13H2,1-3H3. The fraction of sp³-hybridized carbons (Fsp3) is 0.526. The molecule has 114 valence electrons. The molecule has 2 rings (SSSR count). The smallest absolute Gasteiger partial charge is 0.0704 e. The summed E-state index contributed by atoms with van der Waals surface area (Å²) in [4.78, 5) is 4.44. The number of rotatable bonds is 8.